The third-order valence-electron chi connectivity index (χ3n) is 9.84. The third-order valence-corrected chi connectivity index (χ3v) is 12.4. The number of para-hydroxylation sites is 2. The van der Waals surface area contributed by atoms with Crippen LogP contribution in [0.3, 0.4) is 0 Å². The van der Waals surface area contributed by atoms with Crippen LogP contribution in [-0.2, 0) is 13.1 Å². The van der Waals surface area contributed by atoms with Crippen molar-refractivity contribution >= 4 is 112 Å². The summed E-state index contributed by atoms with van der Waals surface area (Å²) in [6.07, 6.45) is 0. The average molecular weight is 987 g/mol. The van der Waals surface area contributed by atoms with Gasteiger partial charge in [-0.25, -0.2) is 8.78 Å². The molecule has 9 rings (SSSR count). The number of fused-ring (bicyclic) bond motifs is 6. The van der Waals surface area contributed by atoms with Crippen LogP contribution in [0.2, 0.25) is 0 Å². The minimum absolute atomic E-state index is 0.132. The van der Waals surface area contributed by atoms with E-state index in [4.69, 9.17) is 0 Å². The Kier molecular flexibility index (Phi) is 8.57. The second-order valence-electron chi connectivity index (χ2n) is 13.0. The molecule has 9 aromatic rings. The van der Waals surface area contributed by atoms with Crippen molar-refractivity contribution in [2.45, 2.75) is 13.1 Å². The van der Waals surface area contributed by atoms with Gasteiger partial charge in [-0.15, -0.1) is 0 Å². The van der Waals surface area contributed by atoms with Gasteiger partial charge in [0.2, 0.25) is 0 Å². The molecule has 0 saturated carbocycles. The van der Waals surface area contributed by atoms with Crippen LogP contribution >= 0.6 is 22.6 Å². The Balaban J connectivity index is 1.21. The van der Waals surface area contributed by atoms with Gasteiger partial charge in [0.25, 0.3) is 0 Å². The van der Waals surface area contributed by atoms with Gasteiger partial charge in [0, 0.05) is 31.9 Å². The molecule has 2 aromatic heterocycles. The third kappa shape index (κ3) is 5.87. The van der Waals surface area contributed by atoms with Crippen LogP contribution in [0, 0.1) is 21.0 Å². The van der Waals surface area contributed by atoms with Gasteiger partial charge in [-0.05, 0) is 64.6 Å². The zero-order valence-corrected chi connectivity index (χ0v) is 34.3. The standard InChI is InChI=1S/C44H28F3IN3.Tl/c45-30-12-9-28(10-13-30)26-49-41-7-3-1-5-35(41)37-24-33(18-21-43(37)49)51(32-16-14-31(46)15-17-32)34-19-22-44-38(25-34)36-6-2-4-8-42(36)50(44)27-29-11-20-39(47)40(48)23-29;/h1-12,14-25H,26-27H2;. The van der Waals surface area contributed by atoms with Gasteiger partial charge in [-0.3, -0.25) is 0 Å². The number of hydrogen-bond donors (Lipinski definition) is 0. The fraction of sp³-hybridized carbons (Fsp3) is 0.0455. The molecule has 0 radical (unpaired) electrons. The Labute approximate surface area is 327 Å². The molecular formula is C44H28F3IN3Tl. The number of benzene rings is 7. The molecule has 7 aromatic carbocycles. The van der Waals surface area contributed by atoms with Crippen LogP contribution < -0.4 is 8.02 Å². The van der Waals surface area contributed by atoms with E-state index in [1.807, 2.05) is 65.1 Å². The Morgan fingerprint density at radius 2 is 0.962 bits per heavy atom. The predicted octanol–water partition coefficient (Wildman–Crippen LogP) is 11.3. The van der Waals surface area contributed by atoms with Crippen molar-refractivity contribution in [2.75, 3.05) is 4.90 Å². The molecule has 0 N–H and O–H groups in total. The summed E-state index contributed by atoms with van der Waals surface area (Å²) in [5.74, 6) is -0.646. The van der Waals surface area contributed by atoms with Gasteiger partial charge in [0.1, 0.15) is 11.6 Å². The van der Waals surface area contributed by atoms with E-state index < -0.39 is 0 Å². The van der Waals surface area contributed by atoms with E-state index in [-0.39, 0.29) is 17.5 Å². The minimum atomic E-state index is -0.296. The molecule has 0 atom stereocenters. The van der Waals surface area contributed by atoms with E-state index in [0.29, 0.717) is 42.4 Å². The molecule has 3 nitrogen and oxygen atoms in total. The zero-order chi connectivity index (χ0) is 35.5. The van der Waals surface area contributed by atoms with Crippen LogP contribution in [-0.4, -0.2) is 34.9 Å². The number of nitrogens with zero attached hydrogens (tertiary/aromatic N) is 3. The molecule has 2 heterocycles. The van der Waals surface area contributed by atoms with Crippen molar-refractivity contribution in [3.63, 3.8) is 0 Å². The van der Waals surface area contributed by atoms with E-state index in [2.05, 4.69) is 92.9 Å². The molecule has 0 bridgehead atoms. The summed E-state index contributed by atoms with van der Waals surface area (Å²) in [6, 6.07) is 47.0. The van der Waals surface area contributed by atoms with Crippen LogP contribution in [0.5, 0.6) is 0 Å². The van der Waals surface area contributed by atoms with Gasteiger partial charge in [-0.2, -0.15) is 0 Å². The summed E-state index contributed by atoms with van der Waals surface area (Å²) in [5.41, 5.74) is 9.16. The molecule has 0 aliphatic rings. The molecule has 0 spiro atoms. The van der Waals surface area contributed by atoms with Gasteiger partial charge in [0.15, 0.2) is 0 Å². The first-order valence-electron chi connectivity index (χ1n) is 16.9. The minimum Gasteiger partial charge on any atom is -0.0242 e. The molecule has 0 aliphatic heterocycles. The van der Waals surface area contributed by atoms with Crippen molar-refractivity contribution in [3.05, 3.63) is 178 Å². The topological polar surface area (TPSA) is 13.1 Å². The quantitative estimate of drug-likeness (QED) is 0.115. The number of anilines is 3. The van der Waals surface area contributed by atoms with Crippen molar-refractivity contribution in [3.8, 4) is 0 Å². The van der Waals surface area contributed by atoms with Crippen LogP contribution in [0.15, 0.2) is 146 Å². The molecule has 52 heavy (non-hydrogen) atoms. The molecule has 0 amide bonds. The van der Waals surface area contributed by atoms with Crippen LogP contribution in [0.1, 0.15) is 11.1 Å². The monoisotopic (exact) mass is 987 g/mol. The van der Waals surface area contributed by atoms with Crippen LogP contribution in [0.25, 0.3) is 43.6 Å². The molecule has 250 valence electrons. The summed E-state index contributed by atoms with van der Waals surface area (Å²) < 4.78 is 48.6. The van der Waals surface area contributed by atoms with Gasteiger partial charge < -0.3 is 4.57 Å². The van der Waals surface area contributed by atoms with Crippen LogP contribution in [0.4, 0.5) is 30.2 Å². The number of aromatic nitrogens is 2. The maximum absolute atomic E-state index is 14.3. The Morgan fingerprint density at radius 3 is 1.50 bits per heavy atom. The summed E-state index contributed by atoms with van der Waals surface area (Å²) in [6.45, 7) is 1.23. The number of halogens is 4. The second-order valence-corrected chi connectivity index (χ2v) is 16.6. The van der Waals surface area contributed by atoms with Gasteiger partial charge in [0.05, 0.1) is 0 Å². The van der Waals surface area contributed by atoms with Gasteiger partial charge in [-0.1, -0.05) is 24.3 Å². The molecule has 0 saturated heterocycles. The van der Waals surface area contributed by atoms with E-state index in [9.17, 15) is 13.2 Å². The Morgan fingerprint density at radius 1 is 0.481 bits per heavy atom. The normalized spacial score (nSPS) is 11.7. The Hall–Kier alpha value is -4.62. The fourth-order valence-corrected chi connectivity index (χ4v) is 9.22. The first-order valence-corrected chi connectivity index (χ1v) is 20.2. The van der Waals surface area contributed by atoms with E-state index in [0.717, 1.165) is 74.9 Å². The smallest absolute Gasteiger partial charge is 0.0242 e. The first-order chi connectivity index (χ1) is 25.3. The predicted molar refractivity (Wildman–Crippen MR) is 216 cm³/mol. The Bertz CT molecular complexity index is 2650. The van der Waals surface area contributed by atoms with Crippen molar-refractivity contribution in [1.82, 2.24) is 9.13 Å². The van der Waals surface area contributed by atoms with Crippen molar-refractivity contribution in [1.29, 1.82) is 0 Å². The maximum atomic E-state index is 14.3. The van der Waals surface area contributed by atoms with E-state index >= 15 is 0 Å². The molecule has 0 fully saturated rings. The summed E-state index contributed by atoms with van der Waals surface area (Å²) >= 11 is 2.46. The average Bonchev–Trinajstić information content (AvgIpc) is 3.64. The molecule has 0 aliphatic carbocycles. The molecule has 0 unspecified atom stereocenters. The number of rotatable bonds is 7. The summed E-state index contributed by atoms with van der Waals surface area (Å²) in [5, 5.41) is 4.44. The van der Waals surface area contributed by atoms with E-state index in [1.54, 1.807) is 6.07 Å². The first kappa shape index (κ1) is 33.2. The van der Waals surface area contributed by atoms with Crippen molar-refractivity contribution in [2.24, 2.45) is 0 Å². The molecule has 8 heteroatoms. The summed E-state index contributed by atoms with van der Waals surface area (Å²) in [4.78, 5) is 2.17. The summed E-state index contributed by atoms with van der Waals surface area (Å²) in [7, 11) is 0. The van der Waals surface area contributed by atoms with Crippen molar-refractivity contribution < 1.29 is 13.2 Å². The SMILES string of the molecule is Fc1ccc(N(c2ccc3c(c2)c2ccccc2n3Cc2ccc(F)c(I)c2)c2ccc3c(c2)c2ccccc2n3Cc2ccc(F)[c]([Tl])c2)cc1. The zero-order valence-electron chi connectivity index (χ0n) is 27.7. The second kappa shape index (κ2) is 13.4. The fourth-order valence-electron chi connectivity index (χ4n) is 7.43. The van der Waals surface area contributed by atoms with E-state index in [1.165, 1.54) is 18.2 Å². The molecular weight excluding hydrogens is 959 g/mol. The number of hydrogen-bond acceptors (Lipinski definition) is 1. The van der Waals surface area contributed by atoms with Gasteiger partial charge >= 0.3 is 184 Å².